The van der Waals surface area contributed by atoms with E-state index in [1.165, 1.54) is 18.2 Å². The number of carbonyl (C=O) groups is 1. The monoisotopic (exact) mass is 636 g/mol. The molecule has 0 saturated heterocycles. The Balaban J connectivity index is 1.75. The number of hydrogen-bond donors (Lipinski definition) is 0. The first-order valence-electron chi connectivity index (χ1n) is 14.9. The van der Waals surface area contributed by atoms with E-state index in [9.17, 15) is 32.5 Å². The summed E-state index contributed by atoms with van der Waals surface area (Å²) < 4.78 is 58.7. The SMILES string of the molecule is CCCC1(CCC)c2cc(/C(=N/OC(C)=O)c3ccccc3OCC(F)(F)C(F)F)ccc2-c2c1cc([N+](=O)[O-])c1ccccc21. The molecule has 0 radical (unpaired) electrons. The number of oxime groups is 1. The zero-order valence-electron chi connectivity index (χ0n) is 25.5. The average Bonchev–Trinajstić information content (AvgIpc) is 3.29. The van der Waals surface area contributed by atoms with Gasteiger partial charge in [0.15, 0.2) is 6.61 Å². The molecule has 46 heavy (non-hydrogen) atoms. The van der Waals surface area contributed by atoms with Crippen molar-refractivity contribution < 1.29 is 36.9 Å². The molecule has 4 aromatic rings. The third-order valence-electron chi connectivity index (χ3n) is 8.31. The first-order valence-corrected chi connectivity index (χ1v) is 14.9. The third kappa shape index (κ3) is 5.81. The van der Waals surface area contributed by atoms with E-state index in [0.717, 1.165) is 47.4 Å². The maximum atomic E-state index is 13.8. The second kappa shape index (κ2) is 12.9. The summed E-state index contributed by atoms with van der Waals surface area (Å²) in [6.07, 6.45) is -1.03. The van der Waals surface area contributed by atoms with E-state index in [-0.39, 0.29) is 27.6 Å². The van der Waals surface area contributed by atoms with Crippen LogP contribution in [0, 0.1) is 10.1 Å². The Labute approximate surface area is 263 Å². The lowest BCUT2D eigenvalue weighted by molar-refractivity contribution is -0.383. The van der Waals surface area contributed by atoms with Crippen LogP contribution in [0.25, 0.3) is 21.9 Å². The molecule has 0 heterocycles. The molecule has 0 spiro atoms. The van der Waals surface area contributed by atoms with Crippen LogP contribution in [-0.4, -0.2) is 35.6 Å². The van der Waals surface area contributed by atoms with Crippen molar-refractivity contribution in [2.45, 2.75) is 64.2 Å². The number of ether oxygens (including phenoxy) is 1. The van der Waals surface area contributed by atoms with Crippen LogP contribution in [0.15, 0.2) is 78.0 Å². The second-order valence-electron chi connectivity index (χ2n) is 11.3. The summed E-state index contributed by atoms with van der Waals surface area (Å²) in [5, 5.41) is 17.6. The first-order chi connectivity index (χ1) is 21.9. The topological polar surface area (TPSA) is 91.0 Å². The number of hydrogen-bond acceptors (Lipinski definition) is 6. The van der Waals surface area contributed by atoms with Gasteiger partial charge in [0.2, 0.25) is 0 Å². The number of nitro benzene ring substituents is 1. The van der Waals surface area contributed by atoms with Gasteiger partial charge in [0.25, 0.3) is 5.69 Å². The Bertz CT molecular complexity index is 1830. The summed E-state index contributed by atoms with van der Waals surface area (Å²) >= 11 is 0. The summed E-state index contributed by atoms with van der Waals surface area (Å²) in [7, 11) is 0. The molecule has 4 aromatic carbocycles. The van der Waals surface area contributed by atoms with Crippen molar-refractivity contribution in [1.29, 1.82) is 0 Å². The fourth-order valence-corrected chi connectivity index (χ4v) is 6.54. The normalized spacial score (nSPS) is 13.9. The Hall–Kier alpha value is -4.80. The number of fused-ring (bicyclic) bond motifs is 5. The predicted molar refractivity (Wildman–Crippen MR) is 167 cm³/mol. The fraction of sp³-hybridized carbons (Fsp3) is 0.314. The van der Waals surface area contributed by atoms with Crippen molar-refractivity contribution in [2.75, 3.05) is 6.61 Å². The molecule has 0 amide bonds. The van der Waals surface area contributed by atoms with Crippen molar-refractivity contribution in [1.82, 2.24) is 0 Å². The largest absolute Gasteiger partial charge is 0.486 e. The van der Waals surface area contributed by atoms with E-state index in [0.29, 0.717) is 23.8 Å². The van der Waals surface area contributed by atoms with Gasteiger partial charge in [-0.15, -0.1) is 0 Å². The van der Waals surface area contributed by atoms with Crippen LogP contribution in [0.3, 0.4) is 0 Å². The molecule has 1 aliphatic carbocycles. The molecule has 1 aliphatic rings. The molecule has 7 nitrogen and oxygen atoms in total. The number of benzene rings is 4. The smallest absolute Gasteiger partial charge is 0.340 e. The maximum Gasteiger partial charge on any atom is 0.340 e. The fourth-order valence-electron chi connectivity index (χ4n) is 6.54. The molecule has 11 heteroatoms. The number of carbonyl (C=O) groups excluding carboxylic acids is 1. The quantitative estimate of drug-likeness (QED) is 0.0508. The maximum absolute atomic E-state index is 13.8. The van der Waals surface area contributed by atoms with E-state index in [2.05, 4.69) is 5.16 Å². The summed E-state index contributed by atoms with van der Waals surface area (Å²) in [5.74, 6) is -5.29. The summed E-state index contributed by atoms with van der Waals surface area (Å²) in [6.45, 7) is 3.66. The first kappa shape index (κ1) is 32.6. The summed E-state index contributed by atoms with van der Waals surface area (Å²) in [4.78, 5) is 28.8. The van der Waals surface area contributed by atoms with Crippen LogP contribution in [0.4, 0.5) is 23.2 Å². The Morgan fingerprint density at radius 2 is 1.61 bits per heavy atom. The van der Waals surface area contributed by atoms with Gasteiger partial charge in [0, 0.05) is 29.5 Å². The molecular weight excluding hydrogens is 604 g/mol. The number of para-hydroxylation sites is 1. The van der Waals surface area contributed by atoms with Gasteiger partial charge in [-0.25, -0.2) is 13.6 Å². The molecular formula is C35H32F4N2O5. The van der Waals surface area contributed by atoms with Crippen LogP contribution in [-0.2, 0) is 15.0 Å². The van der Waals surface area contributed by atoms with Crippen LogP contribution >= 0.6 is 0 Å². The van der Waals surface area contributed by atoms with Gasteiger partial charge in [-0.3, -0.25) is 10.1 Å². The van der Waals surface area contributed by atoms with Gasteiger partial charge in [-0.2, -0.15) is 8.78 Å². The Morgan fingerprint density at radius 3 is 2.24 bits per heavy atom. The predicted octanol–water partition coefficient (Wildman–Crippen LogP) is 9.21. The lowest BCUT2D eigenvalue weighted by Gasteiger charge is -2.32. The highest BCUT2D eigenvalue weighted by molar-refractivity contribution is 6.15. The highest BCUT2D eigenvalue weighted by Crippen LogP contribution is 2.57. The molecule has 0 unspecified atom stereocenters. The van der Waals surface area contributed by atoms with E-state index in [1.54, 1.807) is 30.3 Å². The van der Waals surface area contributed by atoms with Crippen molar-refractivity contribution in [2.24, 2.45) is 5.16 Å². The van der Waals surface area contributed by atoms with E-state index in [4.69, 9.17) is 9.57 Å². The van der Waals surface area contributed by atoms with E-state index >= 15 is 0 Å². The number of nitrogens with zero attached hydrogens (tertiary/aromatic N) is 2. The number of alkyl halides is 4. The van der Waals surface area contributed by atoms with Gasteiger partial charge >= 0.3 is 18.3 Å². The van der Waals surface area contributed by atoms with Crippen molar-refractivity contribution in [3.8, 4) is 16.9 Å². The van der Waals surface area contributed by atoms with E-state index in [1.807, 2.05) is 38.1 Å². The Morgan fingerprint density at radius 1 is 0.957 bits per heavy atom. The van der Waals surface area contributed by atoms with Gasteiger partial charge < -0.3 is 9.57 Å². The van der Waals surface area contributed by atoms with Crippen molar-refractivity contribution in [3.05, 3.63) is 105 Å². The minimum atomic E-state index is -4.40. The van der Waals surface area contributed by atoms with Gasteiger partial charge in [-0.1, -0.05) is 74.3 Å². The number of halogens is 4. The standard InChI is InChI=1S/C35H32F4N2O5/c1-4-16-34(17-5-2)27-18-22(14-15-25(27)31-24-11-7-6-10-23(24)29(41(43)44)19-28(31)34)32(40-46-21(3)42)26-12-8-9-13-30(26)45-20-35(38,39)33(36)37/h6-15,18-19,33H,4-5,16-17,20H2,1-3H3/b40-32-. The zero-order valence-corrected chi connectivity index (χ0v) is 25.5. The van der Waals surface area contributed by atoms with E-state index < -0.39 is 30.3 Å². The minimum absolute atomic E-state index is 0.0164. The molecule has 5 rings (SSSR count). The highest BCUT2D eigenvalue weighted by Gasteiger charge is 2.45. The zero-order chi connectivity index (χ0) is 33.2. The van der Waals surface area contributed by atoms with Gasteiger partial charge in [0.05, 0.1) is 10.3 Å². The molecule has 0 aromatic heterocycles. The molecule has 0 fully saturated rings. The molecule has 0 N–H and O–H groups in total. The average molecular weight is 637 g/mol. The number of rotatable bonds is 12. The molecule has 240 valence electrons. The van der Waals surface area contributed by atoms with Gasteiger partial charge in [0.1, 0.15) is 11.5 Å². The third-order valence-corrected chi connectivity index (χ3v) is 8.31. The van der Waals surface area contributed by atoms with Crippen molar-refractivity contribution >= 4 is 28.1 Å². The summed E-state index contributed by atoms with van der Waals surface area (Å²) in [5.41, 5.74) is 3.59. The second-order valence-corrected chi connectivity index (χ2v) is 11.3. The van der Waals surface area contributed by atoms with Crippen LogP contribution in [0.1, 0.15) is 68.7 Å². The summed E-state index contributed by atoms with van der Waals surface area (Å²) in [6, 6.07) is 20.3. The Kier molecular flexibility index (Phi) is 9.14. The van der Waals surface area contributed by atoms with Crippen LogP contribution < -0.4 is 4.74 Å². The number of non-ortho nitro benzene ring substituents is 1. The lowest BCUT2D eigenvalue weighted by atomic mass is 9.71. The van der Waals surface area contributed by atoms with Crippen molar-refractivity contribution in [3.63, 3.8) is 0 Å². The van der Waals surface area contributed by atoms with Crippen LogP contribution in [0.5, 0.6) is 5.75 Å². The molecule has 0 atom stereocenters. The van der Waals surface area contributed by atoms with Crippen LogP contribution in [0.2, 0.25) is 0 Å². The molecule has 0 aliphatic heterocycles. The molecule has 0 bridgehead atoms. The number of nitro groups is 1. The minimum Gasteiger partial charge on any atom is -0.486 e. The molecule has 0 saturated carbocycles. The van der Waals surface area contributed by atoms with Gasteiger partial charge in [-0.05, 0) is 64.7 Å². The highest BCUT2D eigenvalue weighted by atomic mass is 19.3. The lowest BCUT2D eigenvalue weighted by Crippen LogP contribution is -2.34.